The maximum Gasteiger partial charge on any atom is 0.0416 e. The lowest BCUT2D eigenvalue weighted by atomic mass is 10.0. The van der Waals surface area contributed by atoms with E-state index in [4.69, 9.17) is 0 Å². The Morgan fingerprint density at radius 1 is 0.300 bits per heavy atom. The highest BCUT2D eigenvalue weighted by atomic mass is 15.2. The van der Waals surface area contributed by atoms with E-state index in [-0.39, 0.29) is 11.1 Å². The van der Waals surface area contributed by atoms with Gasteiger partial charge in [0.1, 0.15) is 0 Å². The fraction of sp³-hybridized carbons (Fsp3) is 0.211. The molecule has 40 heavy (non-hydrogen) atoms. The van der Waals surface area contributed by atoms with Gasteiger partial charge in [0.15, 0.2) is 0 Å². The molecule has 0 fully saturated rings. The lowest BCUT2D eigenvalue weighted by Gasteiger charge is -2.38. The normalized spacial score (nSPS) is 11.2. The van der Waals surface area contributed by atoms with Crippen molar-refractivity contribution in [2.24, 2.45) is 0 Å². The van der Waals surface area contributed by atoms with Gasteiger partial charge in [-0.05, 0) is 101 Å². The summed E-state index contributed by atoms with van der Waals surface area (Å²) < 4.78 is 0. The van der Waals surface area contributed by atoms with Crippen molar-refractivity contribution in [3.8, 4) is 11.1 Å². The van der Waals surface area contributed by atoms with Crippen LogP contribution in [0.2, 0.25) is 0 Å². The van der Waals surface area contributed by atoms with Crippen LogP contribution in [-0.2, 0) is 0 Å². The summed E-state index contributed by atoms with van der Waals surface area (Å²) in [6.45, 7) is 13.4. The number of rotatable bonds is 5. The zero-order valence-electron chi connectivity index (χ0n) is 24.8. The van der Waals surface area contributed by atoms with Gasteiger partial charge in [-0.3, -0.25) is 0 Å². The number of hydrogen-bond donors (Lipinski definition) is 0. The minimum absolute atomic E-state index is 0.00954. The molecule has 0 saturated heterocycles. The Bertz CT molecular complexity index is 1380. The van der Waals surface area contributed by atoms with Crippen LogP contribution in [0.15, 0.2) is 146 Å². The lowest BCUT2D eigenvalue weighted by molar-refractivity contribution is 0.560. The van der Waals surface area contributed by atoms with Gasteiger partial charge < -0.3 is 9.80 Å². The summed E-state index contributed by atoms with van der Waals surface area (Å²) in [7, 11) is 0. The number of hydrogen-bond acceptors (Lipinski definition) is 2. The van der Waals surface area contributed by atoms with Crippen LogP contribution in [0.3, 0.4) is 0 Å². The summed E-state index contributed by atoms with van der Waals surface area (Å²) in [5.41, 5.74) is 7.45. The number of para-hydroxylation sites is 3. The van der Waals surface area contributed by atoms with Crippen molar-refractivity contribution < 1.29 is 0 Å². The Hall–Kier alpha value is -4.30. The first-order valence-corrected chi connectivity index (χ1v) is 14.1. The second-order valence-corrected chi connectivity index (χ2v) is 11.9. The molecule has 0 heterocycles. The highest BCUT2D eigenvalue weighted by Gasteiger charge is 2.24. The van der Waals surface area contributed by atoms with Crippen LogP contribution in [-0.4, -0.2) is 11.1 Å². The van der Waals surface area contributed by atoms with Crippen LogP contribution >= 0.6 is 0 Å². The first-order chi connectivity index (χ1) is 19.1. The molecule has 0 aliphatic carbocycles. The molecular formula is C38H42N2. The van der Waals surface area contributed by atoms with E-state index in [0.717, 1.165) is 0 Å². The van der Waals surface area contributed by atoms with Crippen molar-refractivity contribution in [1.29, 1.82) is 0 Å². The van der Waals surface area contributed by atoms with Crippen molar-refractivity contribution >= 4 is 22.7 Å². The molecule has 0 amide bonds. The average Bonchev–Trinajstić information content (AvgIpc) is 2.95. The molecule has 204 valence electrons. The summed E-state index contributed by atoms with van der Waals surface area (Å²) in [4.78, 5) is 4.73. The molecular weight excluding hydrogens is 484 g/mol. The molecule has 0 radical (unpaired) electrons. The molecule has 0 aliphatic heterocycles. The van der Waals surface area contributed by atoms with E-state index in [1.807, 2.05) is 0 Å². The highest BCUT2D eigenvalue weighted by molar-refractivity contribution is 5.71. The highest BCUT2D eigenvalue weighted by Crippen LogP contribution is 2.34. The molecule has 0 spiro atoms. The number of nitrogens with zero attached hydrogens (tertiary/aromatic N) is 2. The van der Waals surface area contributed by atoms with Gasteiger partial charge in [0, 0.05) is 33.8 Å². The molecule has 5 rings (SSSR count). The third-order valence-corrected chi connectivity index (χ3v) is 6.62. The van der Waals surface area contributed by atoms with Crippen molar-refractivity contribution in [2.45, 2.75) is 52.6 Å². The van der Waals surface area contributed by atoms with Crippen molar-refractivity contribution in [2.75, 3.05) is 9.80 Å². The summed E-state index contributed by atoms with van der Waals surface area (Å²) in [6.07, 6.45) is 0. The minimum Gasteiger partial charge on any atom is -0.336 e. The topological polar surface area (TPSA) is 6.48 Å². The summed E-state index contributed by atoms with van der Waals surface area (Å²) in [6, 6.07) is 50.9. The zero-order chi connectivity index (χ0) is 28.6. The first kappa shape index (κ1) is 28.7. The standard InChI is InChI=1S/C22H23N.C16H19N/c1-22(2,3)23(20-12-8-5-9-13-20)21-16-14-19(15-17-21)18-10-6-4-7-11-18;1-16(2,3)17(14-10-6-4-7-11-14)15-12-8-5-9-13-15/h4-17H,1-3H3;4-13H,1-3H3. The van der Waals surface area contributed by atoms with E-state index < -0.39 is 0 Å². The number of benzene rings is 5. The van der Waals surface area contributed by atoms with E-state index in [1.165, 1.54) is 33.9 Å². The zero-order valence-corrected chi connectivity index (χ0v) is 24.8. The monoisotopic (exact) mass is 526 g/mol. The minimum atomic E-state index is 0.00954. The predicted molar refractivity (Wildman–Crippen MR) is 175 cm³/mol. The lowest BCUT2D eigenvalue weighted by Crippen LogP contribution is -2.37. The van der Waals surface area contributed by atoms with Crippen molar-refractivity contribution in [1.82, 2.24) is 0 Å². The molecule has 0 aromatic heterocycles. The fourth-order valence-corrected chi connectivity index (χ4v) is 5.01. The fourth-order valence-electron chi connectivity index (χ4n) is 5.01. The second-order valence-electron chi connectivity index (χ2n) is 11.9. The van der Waals surface area contributed by atoms with Gasteiger partial charge in [0.05, 0.1) is 0 Å². The van der Waals surface area contributed by atoms with E-state index in [9.17, 15) is 0 Å². The molecule has 5 aromatic rings. The van der Waals surface area contributed by atoms with E-state index in [2.05, 4.69) is 197 Å². The Morgan fingerprint density at radius 3 is 0.850 bits per heavy atom. The SMILES string of the molecule is CC(C)(C)N(c1ccccc1)c1ccc(-c2ccccc2)cc1.CC(C)(C)N(c1ccccc1)c1ccccc1. The van der Waals surface area contributed by atoms with Crippen molar-refractivity contribution in [3.05, 3.63) is 146 Å². The Kier molecular flexibility index (Phi) is 9.11. The van der Waals surface area contributed by atoms with Gasteiger partial charge in [-0.15, -0.1) is 0 Å². The van der Waals surface area contributed by atoms with Gasteiger partial charge in [0.25, 0.3) is 0 Å². The third-order valence-electron chi connectivity index (χ3n) is 6.62. The van der Waals surface area contributed by atoms with Crippen LogP contribution in [0, 0.1) is 0 Å². The van der Waals surface area contributed by atoms with Crippen molar-refractivity contribution in [3.63, 3.8) is 0 Å². The summed E-state index contributed by atoms with van der Waals surface area (Å²) in [5, 5.41) is 0. The molecule has 0 saturated carbocycles. The first-order valence-electron chi connectivity index (χ1n) is 14.1. The Balaban J connectivity index is 0.000000194. The van der Waals surface area contributed by atoms with Crippen LogP contribution < -0.4 is 9.80 Å². The van der Waals surface area contributed by atoms with Crippen LogP contribution in [0.25, 0.3) is 11.1 Å². The summed E-state index contributed by atoms with van der Waals surface area (Å²) >= 11 is 0. The van der Waals surface area contributed by atoms with Gasteiger partial charge in [-0.25, -0.2) is 0 Å². The molecule has 0 atom stereocenters. The smallest absolute Gasteiger partial charge is 0.0416 e. The molecule has 5 aromatic carbocycles. The van der Waals surface area contributed by atoms with Crippen LogP contribution in [0.4, 0.5) is 22.7 Å². The molecule has 2 heteroatoms. The average molecular weight is 527 g/mol. The summed E-state index contributed by atoms with van der Waals surface area (Å²) in [5.74, 6) is 0. The van der Waals surface area contributed by atoms with Crippen LogP contribution in [0.1, 0.15) is 41.5 Å². The van der Waals surface area contributed by atoms with E-state index in [0.29, 0.717) is 0 Å². The molecule has 0 unspecified atom stereocenters. The molecule has 0 N–H and O–H groups in total. The maximum absolute atomic E-state index is 2.38. The largest absolute Gasteiger partial charge is 0.336 e. The molecule has 0 aliphatic rings. The van der Waals surface area contributed by atoms with Crippen LogP contribution in [0.5, 0.6) is 0 Å². The quantitative estimate of drug-likeness (QED) is 0.225. The predicted octanol–water partition coefficient (Wildman–Crippen LogP) is 10.9. The van der Waals surface area contributed by atoms with Gasteiger partial charge in [-0.2, -0.15) is 0 Å². The van der Waals surface area contributed by atoms with Gasteiger partial charge in [-0.1, -0.05) is 97.1 Å². The van der Waals surface area contributed by atoms with Gasteiger partial charge >= 0.3 is 0 Å². The molecule has 2 nitrogen and oxygen atoms in total. The van der Waals surface area contributed by atoms with E-state index in [1.54, 1.807) is 0 Å². The maximum atomic E-state index is 2.38. The third kappa shape index (κ3) is 7.42. The Labute approximate surface area is 241 Å². The number of anilines is 4. The molecule has 0 bridgehead atoms. The second kappa shape index (κ2) is 12.7. The Morgan fingerprint density at radius 2 is 0.550 bits per heavy atom. The van der Waals surface area contributed by atoms with Gasteiger partial charge in [0.2, 0.25) is 0 Å². The van der Waals surface area contributed by atoms with E-state index >= 15 is 0 Å².